The highest BCUT2D eigenvalue weighted by molar-refractivity contribution is 5.68. The summed E-state index contributed by atoms with van der Waals surface area (Å²) in [7, 11) is 0. The van der Waals surface area contributed by atoms with Crippen molar-refractivity contribution < 1.29 is 19.1 Å². The number of nitrogens with one attached hydrogen (secondary N) is 2. The predicted molar refractivity (Wildman–Crippen MR) is 160 cm³/mol. The molecule has 2 rings (SSSR count). The van der Waals surface area contributed by atoms with E-state index in [1.165, 1.54) is 0 Å². The van der Waals surface area contributed by atoms with Crippen LogP contribution in [0.3, 0.4) is 0 Å². The molecule has 0 bridgehead atoms. The standard InChI is InChI=1S/C34H44N2O4/c1-29(31-23-17-15-18-24-31)35-33(37)39-27-21-13-11-9-7-5-3-4-6-8-10-12-14-22-28-40-34(38)36-30(2)32-25-19-16-20-26-32/h15-20,23-26,29-30H,7-14,21-22,27-28H2,1-2H3,(H,35,37)(H,36,38)/t29-,30-/m1/s1. The van der Waals surface area contributed by atoms with Crippen LogP contribution in [0, 0.1) is 23.7 Å². The SMILES string of the molecule is C[C@@H](NC(=O)OCCCCCCC#CC#CCCCCCCOC(=O)N[C@H](C)c1ccccc1)c1ccccc1. The van der Waals surface area contributed by atoms with Gasteiger partial charge in [0.15, 0.2) is 0 Å². The molecule has 2 aromatic carbocycles. The third kappa shape index (κ3) is 15.5. The van der Waals surface area contributed by atoms with Gasteiger partial charge in [-0.3, -0.25) is 0 Å². The quantitative estimate of drug-likeness (QED) is 0.167. The van der Waals surface area contributed by atoms with Gasteiger partial charge in [0.2, 0.25) is 0 Å². The summed E-state index contributed by atoms with van der Waals surface area (Å²) in [5, 5.41) is 5.71. The second-order valence-electron chi connectivity index (χ2n) is 9.76. The summed E-state index contributed by atoms with van der Waals surface area (Å²) in [4.78, 5) is 23.8. The van der Waals surface area contributed by atoms with Crippen molar-refractivity contribution in [3.63, 3.8) is 0 Å². The van der Waals surface area contributed by atoms with Crippen LogP contribution in [-0.2, 0) is 9.47 Å². The Morgan fingerprint density at radius 1 is 0.600 bits per heavy atom. The summed E-state index contributed by atoms with van der Waals surface area (Å²) in [6.07, 6.45) is 8.83. The van der Waals surface area contributed by atoms with Gasteiger partial charge >= 0.3 is 12.2 Å². The fourth-order valence-electron chi connectivity index (χ4n) is 3.97. The Morgan fingerprint density at radius 3 is 1.38 bits per heavy atom. The number of ether oxygens (including phenoxy) is 2. The van der Waals surface area contributed by atoms with Crippen molar-refractivity contribution in [3.8, 4) is 23.7 Å². The number of rotatable bonds is 16. The highest BCUT2D eigenvalue weighted by Crippen LogP contribution is 2.12. The minimum absolute atomic E-state index is 0.0729. The van der Waals surface area contributed by atoms with Crippen molar-refractivity contribution in [3.05, 3.63) is 71.8 Å². The van der Waals surface area contributed by atoms with E-state index in [1.807, 2.05) is 74.5 Å². The van der Waals surface area contributed by atoms with Crippen molar-refractivity contribution in [2.24, 2.45) is 0 Å². The molecule has 214 valence electrons. The molecule has 0 spiro atoms. The number of hydrogen-bond acceptors (Lipinski definition) is 4. The lowest BCUT2D eigenvalue weighted by Gasteiger charge is -2.14. The Kier molecular flexibility index (Phi) is 17.0. The van der Waals surface area contributed by atoms with Gasteiger partial charge in [0.1, 0.15) is 0 Å². The molecule has 0 saturated heterocycles. The summed E-state index contributed by atoms with van der Waals surface area (Å²) in [6.45, 7) is 4.75. The van der Waals surface area contributed by atoms with Gasteiger partial charge in [-0.25, -0.2) is 9.59 Å². The molecule has 0 radical (unpaired) electrons. The van der Waals surface area contributed by atoms with Gasteiger partial charge in [-0.2, -0.15) is 0 Å². The first kappa shape index (κ1) is 32.3. The molecule has 2 atom stereocenters. The van der Waals surface area contributed by atoms with E-state index in [1.54, 1.807) is 0 Å². The van der Waals surface area contributed by atoms with Crippen molar-refractivity contribution in [2.45, 2.75) is 90.1 Å². The molecule has 6 nitrogen and oxygen atoms in total. The molecule has 40 heavy (non-hydrogen) atoms. The minimum atomic E-state index is -0.372. The first-order valence-electron chi connectivity index (χ1n) is 14.5. The Bertz CT molecular complexity index is 1010. The number of amides is 2. The van der Waals surface area contributed by atoms with Crippen molar-refractivity contribution in [1.29, 1.82) is 0 Å². The maximum Gasteiger partial charge on any atom is 0.407 e. The molecule has 0 fully saturated rings. The number of unbranched alkanes of at least 4 members (excludes halogenated alkanes) is 8. The van der Waals surface area contributed by atoms with Gasteiger partial charge in [0.25, 0.3) is 0 Å². The minimum Gasteiger partial charge on any atom is -0.450 e. The Hall–Kier alpha value is -3.90. The van der Waals surface area contributed by atoms with E-state index in [0.29, 0.717) is 13.2 Å². The highest BCUT2D eigenvalue weighted by atomic mass is 16.6. The summed E-state index contributed by atoms with van der Waals surface area (Å²) in [5.74, 6) is 12.1. The van der Waals surface area contributed by atoms with Crippen LogP contribution in [0.5, 0.6) is 0 Å². The lowest BCUT2D eigenvalue weighted by molar-refractivity contribution is 0.139. The zero-order valence-electron chi connectivity index (χ0n) is 24.0. The van der Waals surface area contributed by atoms with Crippen LogP contribution in [0.4, 0.5) is 9.59 Å². The van der Waals surface area contributed by atoms with Gasteiger partial charge < -0.3 is 20.1 Å². The largest absolute Gasteiger partial charge is 0.450 e. The average molecular weight is 545 g/mol. The predicted octanol–water partition coefficient (Wildman–Crippen LogP) is 7.87. The van der Waals surface area contributed by atoms with Crippen LogP contribution in [-0.4, -0.2) is 25.4 Å². The molecule has 2 aromatic rings. The van der Waals surface area contributed by atoms with Gasteiger partial charge in [-0.1, -0.05) is 98.2 Å². The second-order valence-corrected chi connectivity index (χ2v) is 9.76. The van der Waals surface area contributed by atoms with Crippen LogP contribution in [0.15, 0.2) is 60.7 Å². The zero-order chi connectivity index (χ0) is 28.7. The number of carbonyl (C=O) groups excluding carboxylic acids is 2. The number of benzene rings is 2. The third-order valence-corrected chi connectivity index (χ3v) is 6.37. The van der Waals surface area contributed by atoms with Crippen LogP contribution in [0.2, 0.25) is 0 Å². The molecule has 2 N–H and O–H groups in total. The monoisotopic (exact) mass is 544 g/mol. The van der Waals surface area contributed by atoms with Crippen LogP contribution >= 0.6 is 0 Å². The van der Waals surface area contributed by atoms with E-state index in [9.17, 15) is 9.59 Å². The molecule has 0 aliphatic heterocycles. The van der Waals surface area contributed by atoms with Crippen LogP contribution in [0.1, 0.15) is 101 Å². The number of carbonyl (C=O) groups is 2. The van der Waals surface area contributed by atoms with Gasteiger partial charge in [-0.15, -0.1) is 0 Å². The Balaban J connectivity index is 1.36. The smallest absolute Gasteiger partial charge is 0.407 e. The van der Waals surface area contributed by atoms with Crippen molar-refractivity contribution in [2.75, 3.05) is 13.2 Å². The highest BCUT2D eigenvalue weighted by Gasteiger charge is 2.10. The summed E-state index contributed by atoms with van der Waals surface area (Å²) >= 11 is 0. The first-order valence-corrected chi connectivity index (χ1v) is 14.5. The van der Waals surface area contributed by atoms with Crippen LogP contribution in [0.25, 0.3) is 0 Å². The molecule has 0 aromatic heterocycles. The lowest BCUT2D eigenvalue weighted by Crippen LogP contribution is -2.27. The van der Waals surface area contributed by atoms with E-state index in [-0.39, 0.29) is 24.3 Å². The van der Waals surface area contributed by atoms with Gasteiger partial charge in [0, 0.05) is 12.8 Å². The topological polar surface area (TPSA) is 76.7 Å². The molecule has 2 amide bonds. The molecule has 0 aliphatic rings. The normalized spacial score (nSPS) is 11.6. The number of alkyl carbamates (subject to hydrolysis) is 2. The Labute approximate surface area is 240 Å². The second kappa shape index (κ2) is 21.0. The third-order valence-electron chi connectivity index (χ3n) is 6.37. The maximum absolute atomic E-state index is 11.9. The molecule has 0 aliphatic carbocycles. The van der Waals surface area contributed by atoms with E-state index >= 15 is 0 Å². The van der Waals surface area contributed by atoms with E-state index in [0.717, 1.165) is 75.3 Å². The summed E-state index contributed by atoms with van der Waals surface area (Å²) in [5.41, 5.74) is 2.11. The fraction of sp³-hybridized carbons (Fsp3) is 0.471. The zero-order valence-corrected chi connectivity index (χ0v) is 24.0. The number of hydrogen-bond donors (Lipinski definition) is 2. The summed E-state index contributed by atoms with van der Waals surface area (Å²) < 4.78 is 10.5. The molecule has 0 unspecified atom stereocenters. The van der Waals surface area contributed by atoms with E-state index in [2.05, 4.69) is 34.3 Å². The lowest BCUT2D eigenvalue weighted by atomic mass is 10.1. The van der Waals surface area contributed by atoms with Gasteiger partial charge in [0.05, 0.1) is 25.3 Å². The molecular weight excluding hydrogens is 500 g/mol. The van der Waals surface area contributed by atoms with Gasteiger partial charge in [-0.05, 0) is 62.5 Å². The molecule has 0 saturated carbocycles. The maximum atomic E-state index is 11.9. The molecular formula is C34H44N2O4. The summed E-state index contributed by atoms with van der Waals surface area (Å²) in [6, 6.07) is 19.5. The molecule has 6 heteroatoms. The average Bonchev–Trinajstić information content (AvgIpc) is 2.97. The van der Waals surface area contributed by atoms with Crippen molar-refractivity contribution in [1.82, 2.24) is 10.6 Å². The molecule has 0 heterocycles. The van der Waals surface area contributed by atoms with E-state index in [4.69, 9.17) is 9.47 Å². The van der Waals surface area contributed by atoms with Crippen LogP contribution < -0.4 is 10.6 Å². The van der Waals surface area contributed by atoms with Crippen molar-refractivity contribution >= 4 is 12.2 Å². The van der Waals surface area contributed by atoms with E-state index < -0.39 is 0 Å². The first-order chi connectivity index (χ1) is 19.6. The Morgan fingerprint density at radius 2 is 0.975 bits per heavy atom. The fourth-order valence-corrected chi connectivity index (χ4v) is 3.97.